The Kier molecular flexibility index (Phi) is 5.43. The quantitative estimate of drug-likeness (QED) is 0.742. The molecule has 0 unspecified atom stereocenters. The molecule has 1 aromatic rings. The van der Waals surface area contributed by atoms with Gasteiger partial charge in [-0.15, -0.1) is 0 Å². The summed E-state index contributed by atoms with van der Waals surface area (Å²) in [7, 11) is 0. The number of halogens is 3. The van der Waals surface area contributed by atoms with Crippen molar-refractivity contribution in [3.63, 3.8) is 0 Å². The van der Waals surface area contributed by atoms with Crippen LogP contribution < -0.4 is 0 Å². The molecule has 0 fully saturated rings. The van der Waals surface area contributed by atoms with Crippen LogP contribution >= 0.6 is 0 Å². The first-order valence-corrected chi connectivity index (χ1v) is 4.07. The number of hydrogen-bond acceptors (Lipinski definition) is 3. The SMILES string of the molecule is CCOC(C)=O.FC(F)(F)c1ccn[nH]1. The second-order valence-corrected chi connectivity index (χ2v) is 2.39. The third-order valence-corrected chi connectivity index (χ3v) is 1.15. The minimum Gasteiger partial charge on any atom is -0.466 e. The second-order valence-electron chi connectivity index (χ2n) is 2.39. The number of nitrogens with zero attached hydrogens (tertiary/aromatic N) is 1. The first kappa shape index (κ1) is 13.5. The number of hydrogen-bond donors (Lipinski definition) is 1. The largest absolute Gasteiger partial charge is 0.466 e. The monoisotopic (exact) mass is 224 g/mol. The van der Waals surface area contributed by atoms with Gasteiger partial charge in [-0.3, -0.25) is 9.89 Å². The van der Waals surface area contributed by atoms with Crippen molar-refractivity contribution in [1.82, 2.24) is 10.2 Å². The van der Waals surface area contributed by atoms with Crippen LogP contribution in [0.2, 0.25) is 0 Å². The van der Waals surface area contributed by atoms with Crippen LogP contribution in [0.1, 0.15) is 19.5 Å². The van der Waals surface area contributed by atoms with Gasteiger partial charge in [-0.2, -0.15) is 18.3 Å². The highest BCUT2D eigenvalue weighted by molar-refractivity contribution is 5.65. The van der Waals surface area contributed by atoms with Crippen molar-refractivity contribution in [1.29, 1.82) is 0 Å². The molecule has 1 N–H and O–H groups in total. The van der Waals surface area contributed by atoms with E-state index in [1.54, 1.807) is 12.0 Å². The van der Waals surface area contributed by atoms with E-state index in [4.69, 9.17) is 0 Å². The van der Waals surface area contributed by atoms with Gasteiger partial charge in [0, 0.05) is 13.1 Å². The van der Waals surface area contributed by atoms with Crippen LogP contribution in [-0.4, -0.2) is 22.8 Å². The predicted molar refractivity (Wildman–Crippen MR) is 45.9 cm³/mol. The van der Waals surface area contributed by atoms with Gasteiger partial charge in [0.2, 0.25) is 0 Å². The van der Waals surface area contributed by atoms with Crippen LogP contribution in [0.3, 0.4) is 0 Å². The number of carbonyl (C=O) groups excluding carboxylic acids is 1. The molecular weight excluding hydrogens is 213 g/mol. The molecule has 0 amide bonds. The maximum Gasteiger partial charge on any atom is 0.432 e. The molecular formula is C8H11F3N2O2. The average molecular weight is 224 g/mol. The molecule has 7 heteroatoms. The lowest BCUT2D eigenvalue weighted by molar-refractivity contribution is -0.141. The minimum atomic E-state index is -4.30. The van der Waals surface area contributed by atoms with E-state index in [0.29, 0.717) is 6.61 Å². The van der Waals surface area contributed by atoms with Gasteiger partial charge >= 0.3 is 12.1 Å². The number of esters is 1. The Morgan fingerprint density at radius 1 is 1.60 bits per heavy atom. The number of aromatic nitrogens is 2. The third kappa shape index (κ3) is 6.53. The molecule has 1 heterocycles. The fourth-order valence-corrected chi connectivity index (χ4v) is 0.617. The van der Waals surface area contributed by atoms with E-state index in [1.807, 2.05) is 0 Å². The van der Waals surface area contributed by atoms with Gasteiger partial charge in [-0.25, -0.2) is 0 Å². The van der Waals surface area contributed by atoms with Crippen molar-refractivity contribution in [2.45, 2.75) is 20.0 Å². The van der Waals surface area contributed by atoms with Crippen molar-refractivity contribution >= 4 is 5.97 Å². The highest BCUT2D eigenvalue weighted by Gasteiger charge is 2.31. The first-order chi connectivity index (χ1) is 6.88. The molecule has 1 aromatic heterocycles. The molecule has 0 aliphatic heterocycles. The zero-order valence-electron chi connectivity index (χ0n) is 8.26. The number of ether oxygens (including phenoxy) is 1. The van der Waals surface area contributed by atoms with Crippen LogP contribution in [0.5, 0.6) is 0 Å². The van der Waals surface area contributed by atoms with E-state index in [1.165, 1.54) is 6.92 Å². The Bertz CT molecular complexity index is 283. The first-order valence-electron chi connectivity index (χ1n) is 4.07. The molecule has 0 aliphatic rings. The summed E-state index contributed by atoms with van der Waals surface area (Å²) in [6, 6.07) is 0.875. The number of aromatic amines is 1. The van der Waals surface area contributed by atoms with E-state index in [-0.39, 0.29) is 5.97 Å². The standard InChI is InChI=1S/C4H3F3N2.C4H8O2/c5-4(6,7)3-1-2-8-9-3;1-3-6-4(2)5/h1-2H,(H,8,9);3H2,1-2H3. The average Bonchev–Trinajstić information content (AvgIpc) is 2.54. The molecule has 0 saturated heterocycles. The Balaban J connectivity index is 0.000000288. The lowest BCUT2D eigenvalue weighted by Gasteiger charge is -1.99. The molecule has 0 spiro atoms. The van der Waals surface area contributed by atoms with Crippen molar-refractivity contribution in [2.24, 2.45) is 0 Å². The highest BCUT2D eigenvalue weighted by atomic mass is 19.4. The summed E-state index contributed by atoms with van der Waals surface area (Å²) >= 11 is 0. The third-order valence-electron chi connectivity index (χ3n) is 1.15. The van der Waals surface area contributed by atoms with Crippen molar-refractivity contribution in [3.8, 4) is 0 Å². The smallest absolute Gasteiger partial charge is 0.432 e. The number of H-pyrrole nitrogens is 1. The van der Waals surface area contributed by atoms with Crippen molar-refractivity contribution in [3.05, 3.63) is 18.0 Å². The van der Waals surface area contributed by atoms with Gasteiger partial charge in [0.1, 0.15) is 5.69 Å². The molecule has 86 valence electrons. The summed E-state index contributed by atoms with van der Waals surface area (Å²) in [6.07, 6.45) is -3.24. The van der Waals surface area contributed by atoms with Crippen LogP contribution in [0.25, 0.3) is 0 Å². The molecule has 0 aromatic carbocycles. The lowest BCUT2D eigenvalue weighted by atomic mass is 10.4. The summed E-state index contributed by atoms with van der Waals surface area (Å²) in [6.45, 7) is 3.65. The van der Waals surface area contributed by atoms with Crippen LogP contribution in [0, 0.1) is 0 Å². The zero-order chi connectivity index (χ0) is 11.9. The topological polar surface area (TPSA) is 55.0 Å². The second kappa shape index (κ2) is 6.05. The van der Waals surface area contributed by atoms with E-state index < -0.39 is 11.9 Å². The van der Waals surface area contributed by atoms with Gasteiger partial charge in [-0.1, -0.05) is 0 Å². The Morgan fingerprint density at radius 2 is 2.20 bits per heavy atom. The molecule has 0 aliphatic carbocycles. The Hall–Kier alpha value is -1.53. The fraction of sp³-hybridized carbons (Fsp3) is 0.500. The summed E-state index contributed by atoms with van der Waals surface area (Å²) in [5.41, 5.74) is -0.817. The number of nitrogens with one attached hydrogen (secondary N) is 1. The number of rotatable bonds is 1. The van der Waals surface area contributed by atoms with Crippen LogP contribution in [-0.2, 0) is 15.7 Å². The molecule has 0 atom stereocenters. The molecule has 0 bridgehead atoms. The van der Waals surface area contributed by atoms with Gasteiger partial charge in [0.05, 0.1) is 6.61 Å². The summed E-state index contributed by atoms with van der Waals surface area (Å²) in [5.74, 6) is -0.211. The zero-order valence-corrected chi connectivity index (χ0v) is 8.26. The van der Waals surface area contributed by atoms with Gasteiger partial charge in [-0.05, 0) is 13.0 Å². The molecule has 0 saturated carbocycles. The summed E-state index contributed by atoms with van der Waals surface area (Å²) in [5, 5.41) is 4.95. The van der Waals surface area contributed by atoms with E-state index in [2.05, 4.69) is 9.84 Å². The molecule has 1 rings (SSSR count). The Labute approximate surface area is 84.4 Å². The van der Waals surface area contributed by atoms with Gasteiger partial charge < -0.3 is 4.74 Å². The maximum absolute atomic E-state index is 11.5. The maximum atomic E-state index is 11.5. The molecule has 0 radical (unpaired) electrons. The Morgan fingerprint density at radius 3 is 2.33 bits per heavy atom. The van der Waals surface area contributed by atoms with Crippen LogP contribution in [0.15, 0.2) is 12.3 Å². The number of alkyl halides is 3. The van der Waals surface area contributed by atoms with Gasteiger partial charge in [0.15, 0.2) is 0 Å². The highest BCUT2D eigenvalue weighted by Crippen LogP contribution is 2.26. The predicted octanol–water partition coefficient (Wildman–Crippen LogP) is 2.00. The van der Waals surface area contributed by atoms with Crippen molar-refractivity contribution < 1.29 is 22.7 Å². The lowest BCUT2D eigenvalue weighted by Crippen LogP contribution is -2.04. The summed E-state index contributed by atoms with van der Waals surface area (Å²) in [4.78, 5) is 9.82. The van der Waals surface area contributed by atoms with E-state index in [0.717, 1.165) is 12.3 Å². The van der Waals surface area contributed by atoms with Crippen LogP contribution in [0.4, 0.5) is 13.2 Å². The summed E-state index contributed by atoms with van der Waals surface area (Å²) < 4.78 is 39.1. The minimum absolute atomic E-state index is 0.211. The fourth-order valence-electron chi connectivity index (χ4n) is 0.617. The normalized spacial score (nSPS) is 10.2. The van der Waals surface area contributed by atoms with Crippen molar-refractivity contribution in [2.75, 3.05) is 6.61 Å². The van der Waals surface area contributed by atoms with E-state index in [9.17, 15) is 18.0 Å². The van der Waals surface area contributed by atoms with Gasteiger partial charge in [0.25, 0.3) is 0 Å². The molecule has 4 nitrogen and oxygen atoms in total. The number of carbonyl (C=O) groups is 1. The molecule has 15 heavy (non-hydrogen) atoms. The van der Waals surface area contributed by atoms with E-state index >= 15 is 0 Å².